The number of hydrogen-bond donors (Lipinski definition) is 2. The molecule has 5 nitrogen and oxygen atoms in total. The largest absolute Gasteiger partial charge is 0.444 e. The minimum Gasteiger partial charge on any atom is -0.444 e. The van der Waals surface area contributed by atoms with Crippen molar-refractivity contribution in [2.24, 2.45) is 0 Å². The first-order valence-corrected chi connectivity index (χ1v) is 7.95. The molecule has 0 fully saturated rings. The van der Waals surface area contributed by atoms with Crippen LogP contribution in [0.3, 0.4) is 0 Å². The standard InChI is InChI=1S/C19H24N2O3/c1-13-10-15(11-14-8-6-5-7-9-14)20-17(22)16(13)12-24-18(23)21-19(2,3)4/h5-10H,11-12H2,1-4H3,(H,20,22)(H,21,23). The molecule has 2 rings (SSSR count). The van der Waals surface area contributed by atoms with Crippen molar-refractivity contribution in [3.63, 3.8) is 0 Å². The van der Waals surface area contributed by atoms with E-state index >= 15 is 0 Å². The van der Waals surface area contributed by atoms with E-state index in [0.29, 0.717) is 12.0 Å². The maximum atomic E-state index is 12.3. The molecule has 0 unspecified atom stereocenters. The Hall–Kier alpha value is -2.56. The summed E-state index contributed by atoms with van der Waals surface area (Å²) >= 11 is 0. The highest BCUT2D eigenvalue weighted by Gasteiger charge is 2.16. The van der Waals surface area contributed by atoms with Crippen LogP contribution >= 0.6 is 0 Å². The highest BCUT2D eigenvalue weighted by molar-refractivity contribution is 5.68. The number of carbonyl (C=O) groups is 1. The minimum absolute atomic E-state index is 0.0469. The predicted octanol–water partition coefficient (Wildman–Crippen LogP) is 3.30. The first-order valence-electron chi connectivity index (χ1n) is 7.95. The van der Waals surface area contributed by atoms with E-state index in [0.717, 1.165) is 16.8 Å². The Morgan fingerprint density at radius 2 is 1.88 bits per heavy atom. The zero-order valence-electron chi connectivity index (χ0n) is 14.6. The van der Waals surface area contributed by atoms with Crippen LogP contribution in [-0.2, 0) is 17.8 Å². The number of hydrogen-bond acceptors (Lipinski definition) is 3. The van der Waals surface area contributed by atoms with Crippen LogP contribution < -0.4 is 10.9 Å². The summed E-state index contributed by atoms with van der Waals surface area (Å²) in [6.07, 6.45) is 0.123. The average Bonchev–Trinajstić information content (AvgIpc) is 2.45. The normalized spacial score (nSPS) is 11.2. The number of aryl methyl sites for hydroxylation is 1. The molecule has 2 aromatic rings. The molecule has 2 N–H and O–H groups in total. The van der Waals surface area contributed by atoms with Gasteiger partial charge in [-0.15, -0.1) is 0 Å². The summed E-state index contributed by atoms with van der Waals surface area (Å²) in [4.78, 5) is 26.9. The molecular weight excluding hydrogens is 304 g/mol. The molecule has 24 heavy (non-hydrogen) atoms. The summed E-state index contributed by atoms with van der Waals surface area (Å²) in [5.41, 5.74) is 2.65. The molecule has 0 saturated carbocycles. The average molecular weight is 328 g/mol. The Morgan fingerprint density at radius 1 is 1.21 bits per heavy atom. The molecule has 1 heterocycles. The maximum Gasteiger partial charge on any atom is 0.407 e. The van der Waals surface area contributed by atoms with E-state index in [1.165, 1.54) is 0 Å². The molecular formula is C19H24N2O3. The number of ether oxygens (including phenoxy) is 1. The van der Waals surface area contributed by atoms with Gasteiger partial charge in [0.25, 0.3) is 5.56 Å². The van der Waals surface area contributed by atoms with Crippen molar-refractivity contribution in [2.75, 3.05) is 0 Å². The number of H-pyrrole nitrogens is 1. The second kappa shape index (κ2) is 7.34. The fourth-order valence-electron chi connectivity index (χ4n) is 2.36. The van der Waals surface area contributed by atoms with E-state index in [1.54, 1.807) is 0 Å². The van der Waals surface area contributed by atoms with Crippen molar-refractivity contribution in [1.82, 2.24) is 10.3 Å². The van der Waals surface area contributed by atoms with Crippen LogP contribution in [0.2, 0.25) is 0 Å². The number of rotatable bonds is 4. The van der Waals surface area contributed by atoms with Crippen molar-refractivity contribution >= 4 is 6.09 Å². The quantitative estimate of drug-likeness (QED) is 0.904. The summed E-state index contributed by atoms with van der Waals surface area (Å²) in [7, 11) is 0. The van der Waals surface area contributed by atoms with Gasteiger partial charge in [0.15, 0.2) is 0 Å². The highest BCUT2D eigenvalue weighted by atomic mass is 16.5. The summed E-state index contributed by atoms with van der Waals surface area (Å²) in [5, 5.41) is 2.70. The number of benzene rings is 1. The SMILES string of the molecule is Cc1cc(Cc2ccccc2)[nH]c(=O)c1COC(=O)NC(C)(C)C. The van der Waals surface area contributed by atoms with Crippen LogP contribution in [0.4, 0.5) is 4.79 Å². The van der Waals surface area contributed by atoms with E-state index < -0.39 is 6.09 Å². The van der Waals surface area contributed by atoms with Crippen LogP contribution in [0.5, 0.6) is 0 Å². The van der Waals surface area contributed by atoms with Gasteiger partial charge in [-0.2, -0.15) is 0 Å². The van der Waals surface area contributed by atoms with Crippen LogP contribution in [0.15, 0.2) is 41.2 Å². The Bertz CT molecular complexity index is 758. The molecule has 0 aliphatic carbocycles. The maximum absolute atomic E-state index is 12.3. The number of aromatic nitrogens is 1. The minimum atomic E-state index is -0.533. The third-order valence-electron chi connectivity index (χ3n) is 3.48. The first kappa shape index (κ1) is 17.8. The Labute approximate surface area is 142 Å². The molecule has 128 valence electrons. The van der Waals surface area contributed by atoms with Crippen molar-refractivity contribution in [1.29, 1.82) is 0 Å². The van der Waals surface area contributed by atoms with Crippen molar-refractivity contribution < 1.29 is 9.53 Å². The van der Waals surface area contributed by atoms with E-state index in [-0.39, 0.29) is 17.7 Å². The van der Waals surface area contributed by atoms with E-state index in [4.69, 9.17) is 4.74 Å². The molecule has 0 spiro atoms. The number of alkyl carbamates (subject to hydrolysis) is 1. The number of carbonyl (C=O) groups excluding carboxylic acids is 1. The molecule has 0 aliphatic heterocycles. The molecule has 5 heteroatoms. The van der Waals surface area contributed by atoms with Gasteiger partial charge in [-0.25, -0.2) is 4.79 Å². The molecule has 0 saturated heterocycles. The summed E-state index contributed by atoms with van der Waals surface area (Å²) in [6, 6.07) is 11.9. The number of amides is 1. The van der Waals surface area contributed by atoms with E-state index in [9.17, 15) is 9.59 Å². The lowest BCUT2D eigenvalue weighted by Gasteiger charge is -2.20. The van der Waals surface area contributed by atoms with Crippen molar-refractivity contribution in [2.45, 2.75) is 46.3 Å². The summed E-state index contributed by atoms with van der Waals surface area (Å²) in [6.45, 7) is 7.40. The Kier molecular flexibility index (Phi) is 5.44. The Morgan fingerprint density at radius 3 is 2.46 bits per heavy atom. The van der Waals surface area contributed by atoms with Gasteiger partial charge in [-0.05, 0) is 44.9 Å². The van der Waals surface area contributed by atoms with Crippen molar-refractivity contribution in [3.05, 3.63) is 69.1 Å². The van der Waals surface area contributed by atoms with Gasteiger partial charge in [-0.3, -0.25) is 4.79 Å². The van der Waals surface area contributed by atoms with Gasteiger partial charge in [0.05, 0.1) is 5.56 Å². The van der Waals surface area contributed by atoms with Gasteiger partial charge in [-0.1, -0.05) is 30.3 Å². The van der Waals surface area contributed by atoms with Gasteiger partial charge >= 0.3 is 6.09 Å². The predicted molar refractivity (Wildman–Crippen MR) is 94.1 cm³/mol. The molecule has 0 aliphatic rings. The molecule has 1 amide bonds. The third-order valence-corrected chi connectivity index (χ3v) is 3.48. The lowest BCUT2D eigenvalue weighted by atomic mass is 10.1. The second-order valence-electron chi connectivity index (χ2n) is 6.90. The molecule has 0 atom stereocenters. The monoisotopic (exact) mass is 328 g/mol. The van der Waals surface area contributed by atoms with Crippen LogP contribution in [0.25, 0.3) is 0 Å². The second-order valence-corrected chi connectivity index (χ2v) is 6.90. The van der Waals surface area contributed by atoms with Gasteiger partial charge in [0.1, 0.15) is 6.61 Å². The zero-order chi connectivity index (χ0) is 17.7. The van der Waals surface area contributed by atoms with Crippen LogP contribution in [0, 0.1) is 6.92 Å². The van der Waals surface area contributed by atoms with Crippen LogP contribution in [-0.4, -0.2) is 16.6 Å². The van der Waals surface area contributed by atoms with E-state index in [1.807, 2.05) is 64.1 Å². The van der Waals surface area contributed by atoms with E-state index in [2.05, 4.69) is 10.3 Å². The fourth-order valence-corrected chi connectivity index (χ4v) is 2.36. The smallest absolute Gasteiger partial charge is 0.407 e. The van der Waals surface area contributed by atoms with Gasteiger partial charge in [0.2, 0.25) is 0 Å². The Balaban J connectivity index is 2.07. The number of nitrogens with one attached hydrogen (secondary N) is 2. The topological polar surface area (TPSA) is 71.2 Å². The number of aromatic amines is 1. The molecule has 1 aromatic carbocycles. The van der Waals surface area contributed by atoms with Crippen molar-refractivity contribution in [3.8, 4) is 0 Å². The number of pyridine rings is 1. The summed E-state index contributed by atoms with van der Waals surface area (Å²) in [5.74, 6) is 0. The lowest BCUT2D eigenvalue weighted by molar-refractivity contribution is 0.130. The highest BCUT2D eigenvalue weighted by Crippen LogP contribution is 2.11. The van der Waals surface area contributed by atoms with Crippen LogP contribution in [0.1, 0.15) is 43.2 Å². The zero-order valence-corrected chi connectivity index (χ0v) is 14.6. The molecule has 1 aromatic heterocycles. The summed E-state index contributed by atoms with van der Waals surface area (Å²) < 4.78 is 5.15. The lowest BCUT2D eigenvalue weighted by Crippen LogP contribution is -2.41. The molecule has 0 radical (unpaired) electrons. The fraction of sp³-hybridized carbons (Fsp3) is 0.368. The third kappa shape index (κ3) is 5.26. The van der Waals surface area contributed by atoms with Gasteiger partial charge in [0, 0.05) is 17.7 Å². The van der Waals surface area contributed by atoms with Gasteiger partial charge < -0.3 is 15.0 Å². The first-order chi connectivity index (χ1) is 11.2. The molecule has 0 bridgehead atoms.